The minimum absolute atomic E-state index is 0.344. The Morgan fingerprint density at radius 2 is 2.00 bits per heavy atom. The highest BCUT2D eigenvalue weighted by molar-refractivity contribution is 6.30. The third-order valence-electron chi connectivity index (χ3n) is 2.91. The second kappa shape index (κ2) is 5.84. The number of aryl methyl sites for hydroxylation is 1. The van der Waals surface area contributed by atoms with E-state index in [1.807, 2.05) is 25.1 Å². The first-order valence-corrected chi connectivity index (χ1v) is 6.40. The van der Waals surface area contributed by atoms with Gasteiger partial charge in [0.15, 0.2) is 0 Å². The summed E-state index contributed by atoms with van der Waals surface area (Å²) in [7, 11) is 1.33. The predicted molar refractivity (Wildman–Crippen MR) is 81.7 cm³/mol. The number of hydrogen-bond acceptors (Lipinski definition) is 4. The number of anilines is 3. The highest BCUT2D eigenvalue weighted by atomic mass is 35.5. The molecule has 104 valence electrons. The molecule has 3 N–H and O–H groups in total. The molecule has 0 radical (unpaired) electrons. The maximum absolute atomic E-state index is 11.7. The first-order valence-electron chi connectivity index (χ1n) is 6.02. The summed E-state index contributed by atoms with van der Waals surface area (Å²) in [6.07, 6.45) is 0. The standard InChI is InChI=1S/C15H15ClN2O2/c1-9-6-12(8-13(14(9)17)15(19)20-2)18-11-5-3-4-10(16)7-11/h3-8,18H,17H2,1-2H3. The van der Waals surface area contributed by atoms with Crippen LogP contribution in [0.5, 0.6) is 0 Å². The number of esters is 1. The van der Waals surface area contributed by atoms with Crippen molar-refractivity contribution in [3.05, 3.63) is 52.5 Å². The van der Waals surface area contributed by atoms with Gasteiger partial charge in [-0.3, -0.25) is 0 Å². The number of nitrogens with two attached hydrogens (primary N) is 1. The molecule has 0 unspecified atom stereocenters. The highest BCUT2D eigenvalue weighted by Gasteiger charge is 2.13. The quantitative estimate of drug-likeness (QED) is 0.667. The van der Waals surface area contributed by atoms with Gasteiger partial charge in [-0.05, 0) is 42.8 Å². The summed E-state index contributed by atoms with van der Waals surface area (Å²) in [4.78, 5) is 11.7. The van der Waals surface area contributed by atoms with E-state index in [1.165, 1.54) is 7.11 Å². The molecule has 0 saturated carbocycles. The van der Waals surface area contributed by atoms with Crippen molar-refractivity contribution in [2.45, 2.75) is 6.92 Å². The van der Waals surface area contributed by atoms with Crippen LogP contribution in [0.2, 0.25) is 5.02 Å². The number of nitrogens with one attached hydrogen (secondary N) is 1. The van der Waals surface area contributed by atoms with E-state index in [0.717, 1.165) is 16.9 Å². The van der Waals surface area contributed by atoms with Gasteiger partial charge in [-0.1, -0.05) is 17.7 Å². The van der Waals surface area contributed by atoms with Crippen molar-refractivity contribution in [1.29, 1.82) is 0 Å². The van der Waals surface area contributed by atoms with E-state index >= 15 is 0 Å². The Morgan fingerprint density at radius 3 is 2.65 bits per heavy atom. The molecular formula is C15H15ClN2O2. The molecule has 2 aromatic carbocycles. The Labute approximate surface area is 122 Å². The zero-order valence-electron chi connectivity index (χ0n) is 11.2. The molecule has 20 heavy (non-hydrogen) atoms. The Balaban J connectivity index is 2.38. The Kier molecular flexibility index (Phi) is 4.15. The van der Waals surface area contributed by atoms with Crippen molar-refractivity contribution in [3.63, 3.8) is 0 Å². The maximum Gasteiger partial charge on any atom is 0.340 e. The fourth-order valence-electron chi connectivity index (χ4n) is 1.88. The molecule has 0 aliphatic rings. The van der Waals surface area contributed by atoms with E-state index in [4.69, 9.17) is 22.1 Å². The lowest BCUT2D eigenvalue weighted by Crippen LogP contribution is -2.08. The van der Waals surface area contributed by atoms with E-state index < -0.39 is 5.97 Å². The first kappa shape index (κ1) is 14.2. The molecule has 0 fully saturated rings. The van der Waals surface area contributed by atoms with Gasteiger partial charge in [0.25, 0.3) is 0 Å². The molecule has 0 atom stereocenters. The summed E-state index contributed by atoms with van der Waals surface area (Å²) < 4.78 is 4.73. The van der Waals surface area contributed by atoms with Crippen LogP contribution in [-0.4, -0.2) is 13.1 Å². The third-order valence-corrected chi connectivity index (χ3v) is 3.14. The summed E-state index contributed by atoms with van der Waals surface area (Å²) in [5.74, 6) is -0.458. The molecule has 0 aliphatic carbocycles. The average molecular weight is 291 g/mol. The summed E-state index contributed by atoms with van der Waals surface area (Å²) in [5.41, 5.74) is 9.05. The third kappa shape index (κ3) is 3.03. The largest absolute Gasteiger partial charge is 0.465 e. The van der Waals surface area contributed by atoms with E-state index in [0.29, 0.717) is 16.3 Å². The van der Waals surface area contributed by atoms with Crippen molar-refractivity contribution in [2.24, 2.45) is 0 Å². The van der Waals surface area contributed by atoms with E-state index in [2.05, 4.69) is 5.32 Å². The Morgan fingerprint density at radius 1 is 1.25 bits per heavy atom. The molecule has 0 saturated heterocycles. The lowest BCUT2D eigenvalue weighted by Gasteiger charge is -2.12. The Hall–Kier alpha value is -2.20. The minimum atomic E-state index is -0.458. The van der Waals surface area contributed by atoms with Crippen molar-refractivity contribution in [3.8, 4) is 0 Å². The van der Waals surface area contributed by atoms with E-state index in [-0.39, 0.29) is 0 Å². The van der Waals surface area contributed by atoms with Crippen LogP contribution in [-0.2, 0) is 4.74 Å². The van der Waals surface area contributed by atoms with Crippen molar-refractivity contribution < 1.29 is 9.53 Å². The van der Waals surface area contributed by atoms with Crippen LogP contribution in [0.25, 0.3) is 0 Å². The molecule has 2 aromatic rings. The Bertz CT molecular complexity index is 656. The van der Waals surface area contributed by atoms with Crippen LogP contribution in [0.3, 0.4) is 0 Å². The first-order chi connectivity index (χ1) is 9.51. The molecule has 2 rings (SSSR count). The van der Waals surface area contributed by atoms with Gasteiger partial charge < -0.3 is 15.8 Å². The number of hydrogen-bond donors (Lipinski definition) is 2. The summed E-state index contributed by atoms with van der Waals surface area (Å²) in [6.45, 7) is 1.84. The molecule has 4 nitrogen and oxygen atoms in total. The zero-order chi connectivity index (χ0) is 14.7. The molecule has 5 heteroatoms. The number of nitrogen functional groups attached to an aromatic ring is 1. The molecule has 0 bridgehead atoms. The van der Waals surface area contributed by atoms with Gasteiger partial charge >= 0.3 is 5.97 Å². The monoisotopic (exact) mass is 290 g/mol. The van der Waals surface area contributed by atoms with Gasteiger partial charge in [0.05, 0.1) is 12.7 Å². The maximum atomic E-state index is 11.7. The molecule has 0 spiro atoms. The van der Waals surface area contributed by atoms with Crippen LogP contribution in [0.1, 0.15) is 15.9 Å². The predicted octanol–water partition coefficient (Wildman–Crippen LogP) is 3.76. The van der Waals surface area contributed by atoms with Crippen LogP contribution < -0.4 is 11.1 Å². The van der Waals surface area contributed by atoms with Crippen LogP contribution in [0.15, 0.2) is 36.4 Å². The molecular weight excluding hydrogens is 276 g/mol. The molecule has 0 aromatic heterocycles. The van der Waals surface area contributed by atoms with Gasteiger partial charge in [0.1, 0.15) is 0 Å². The summed E-state index contributed by atoms with van der Waals surface area (Å²) in [6, 6.07) is 10.8. The topological polar surface area (TPSA) is 64.3 Å². The van der Waals surface area contributed by atoms with Crippen molar-refractivity contribution in [2.75, 3.05) is 18.2 Å². The van der Waals surface area contributed by atoms with Crippen LogP contribution in [0.4, 0.5) is 17.1 Å². The zero-order valence-corrected chi connectivity index (χ0v) is 12.0. The SMILES string of the molecule is COC(=O)c1cc(Nc2cccc(Cl)c2)cc(C)c1N. The second-order valence-corrected chi connectivity index (χ2v) is 4.82. The minimum Gasteiger partial charge on any atom is -0.465 e. The van der Waals surface area contributed by atoms with Crippen LogP contribution >= 0.6 is 11.6 Å². The number of benzene rings is 2. The number of ether oxygens (including phenoxy) is 1. The van der Waals surface area contributed by atoms with Gasteiger partial charge in [-0.25, -0.2) is 4.79 Å². The molecule has 0 amide bonds. The number of carbonyl (C=O) groups excluding carboxylic acids is 1. The number of carbonyl (C=O) groups is 1. The lowest BCUT2D eigenvalue weighted by molar-refractivity contribution is 0.0602. The number of methoxy groups -OCH3 is 1. The average Bonchev–Trinajstić information content (AvgIpc) is 2.42. The van der Waals surface area contributed by atoms with Crippen LogP contribution in [0, 0.1) is 6.92 Å². The normalized spacial score (nSPS) is 10.2. The van der Waals surface area contributed by atoms with Gasteiger partial charge in [0.2, 0.25) is 0 Å². The van der Waals surface area contributed by atoms with Crippen molar-refractivity contribution in [1.82, 2.24) is 0 Å². The highest BCUT2D eigenvalue weighted by Crippen LogP contribution is 2.26. The summed E-state index contributed by atoms with van der Waals surface area (Å²) in [5, 5.41) is 3.82. The van der Waals surface area contributed by atoms with Gasteiger partial charge in [-0.15, -0.1) is 0 Å². The fraction of sp³-hybridized carbons (Fsp3) is 0.133. The van der Waals surface area contributed by atoms with Crippen molar-refractivity contribution >= 4 is 34.6 Å². The smallest absolute Gasteiger partial charge is 0.340 e. The fourth-order valence-corrected chi connectivity index (χ4v) is 2.07. The van der Waals surface area contributed by atoms with Gasteiger partial charge in [-0.2, -0.15) is 0 Å². The van der Waals surface area contributed by atoms with E-state index in [9.17, 15) is 4.79 Å². The lowest BCUT2D eigenvalue weighted by atomic mass is 10.1. The number of halogens is 1. The van der Waals surface area contributed by atoms with E-state index in [1.54, 1.807) is 18.2 Å². The summed E-state index contributed by atoms with van der Waals surface area (Å²) >= 11 is 5.94. The molecule has 0 aliphatic heterocycles. The number of rotatable bonds is 3. The molecule has 0 heterocycles. The second-order valence-electron chi connectivity index (χ2n) is 4.38. The van der Waals surface area contributed by atoms with Gasteiger partial charge in [0, 0.05) is 22.1 Å².